The largest absolute Gasteiger partial charge is 0.484 e. The fourth-order valence-electron chi connectivity index (χ4n) is 1.97. The molecule has 1 aromatic heterocycles. The van der Waals surface area contributed by atoms with Gasteiger partial charge in [-0.2, -0.15) is 0 Å². The lowest BCUT2D eigenvalue weighted by Crippen LogP contribution is -2.43. The topological polar surface area (TPSA) is 71.7 Å². The van der Waals surface area contributed by atoms with Gasteiger partial charge >= 0.3 is 0 Å². The Morgan fingerprint density at radius 3 is 2.68 bits per heavy atom. The lowest BCUT2D eigenvalue weighted by molar-refractivity contribution is -0.124. The quantitative estimate of drug-likeness (QED) is 0.821. The molecule has 1 atom stereocenters. The number of aliphatic hydroxyl groups is 1. The average molecular weight is 303 g/mol. The van der Waals surface area contributed by atoms with Gasteiger partial charge < -0.3 is 19.6 Å². The minimum Gasteiger partial charge on any atom is -0.484 e. The van der Waals surface area contributed by atoms with E-state index in [0.717, 1.165) is 5.56 Å². The summed E-state index contributed by atoms with van der Waals surface area (Å²) in [5.41, 5.74) is 0.0583. The van der Waals surface area contributed by atoms with Crippen molar-refractivity contribution >= 4 is 5.91 Å². The van der Waals surface area contributed by atoms with Crippen molar-refractivity contribution in [2.75, 3.05) is 13.2 Å². The maximum atomic E-state index is 11.8. The van der Waals surface area contributed by atoms with Gasteiger partial charge in [0.2, 0.25) is 0 Å². The summed E-state index contributed by atoms with van der Waals surface area (Å²) >= 11 is 0. The summed E-state index contributed by atoms with van der Waals surface area (Å²) < 4.78 is 10.6. The van der Waals surface area contributed by atoms with Gasteiger partial charge in [-0.15, -0.1) is 0 Å². The van der Waals surface area contributed by atoms with Crippen LogP contribution >= 0.6 is 0 Å². The van der Waals surface area contributed by atoms with E-state index < -0.39 is 5.60 Å². The highest BCUT2D eigenvalue weighted by Crippen LogP contribution is 2.13. The fraction of sp³-hybridized carbons (Fsp3) is 0.353. The molecule has 1 heterocycles. The van der Waals surface area contributed by atoms with Crippen molar-refractivity contribution in [2.45, 2.75) is 25.9 Å². The lowest BCUT2D eigenvalue weighted by Gasteiger charge is -2.22. The monoisotopic (exact) mass is 303 g/mol. The van der Waals surface area contributed by atoms with Crippen LogP contribution in [0, 0.1) is 6.92 Å². The average Bonchev–Trinajstić information content (AvgIpc) is 2.97. The number of hydrogen-bond acceptors (Lipinski definition) is 4. The third kappa shape index (κ3) is 5.26. The van der Waals surface area contributed by atoms with Crippen molar-refractivity contribution in [3.8, 4) is 5.75 Å². The van der Waals surface area contributed by atoms with Crippen molar-refractivity contribution in [3.63, 3.8) is 0 Å². The van der Waals surface area contributed by atoms with Crippen LogP contribution in [0.5, 0.6) is 5.75 Å². The van der Waals surface area contributed by atoms with E-state index in [2.05, 4.69) is 5.32 Å². The molecule has 5 heteroatoms. The van der Waals surface area contributed by atoms with Crippen LogP contribution in [0.25, 0.3) is 0 Å². The molecule has 0 spiro atoms. The van der Waals surface area contributed by atoms with E-state index in [1.54, 1.807) is 25.3 Å². The SMILES string of the molecule is Cc1ccc(OCC(=O)NCC(C)(O)Cc2ccco2)cc1. The number of carbonyl (C=O) groups is 1. The zero-order valence-electron chi connectivity index (χ0n) is 12.8. The number of rotatable bonds is 7. The highest BCUT2D eigenvalue weighted by molar-refractivity contribution is 5.77. The summed E-state index contributed by atoms with van der Waals surface area (Å²) in [5.74, 6) is 1.04. The zero-order valence-corrected chi connectivity index (χ0v) is 12.8. The van der Waals surface area contributed by atoms with Gasteiger partial charge in [0.25, 0.3) is 5.91 Å². The molecule has 2 N–H and O–H groups in total. The molecule has 0 saturated carbocycles. The van der Waals surface area contributed by atoms with Crippen LogP contribution in [0.15, 0.2) is 47.1 Å². The van der Waals surface area contributed by atoms with E-state index in [1.165, 1.54) is 0 Å². The highest BCUT2D eigenvalue weighted by Gasteiger charge is 2.23. The number of nitrogens with one attached hydrogen (secondary N) is 1. The van der Waals surface area contributed by atoms with Gasteiger partial charge in [0, 0.05) is 13.0 Å². The van der Waals surface area contributed by atoms with Gasteiger partial charge in [-0.05, 0) is 38.1 Å². The molecule has 5 nitrogen and oxygen atoms in total. The lowest BCUT2D eigenvalue weighted by atomic mass is 10.0. The van der Waals surface area contributed by atoms with Gasteiger partial charge in [0.1, 0.15) is 11.5 Å². The van der Waals surface area contributed by atoms with Crippen LogP contribution in [0.1, 0.15) is 18.2 Å². The number of carbonyl (C=O) groups excluding carboxylic acids is 1. The van der Waals surface area contributed by atoms with Gasteiger partial charge in [0.05, 0.1) is 11.9 Å². The molecule has 22 heavy (non-hydrogen) atoms. The normalized spacial score (nSPS) is 13.4. The highest BCUT2D eigenvalue weighted by atomic mass is 16.5. The molecule has 0 bridgehead atoms. The second kappa shape index (κ2) is 7.13. The second-order valence-electron chi connectivity index (χ2n) is 5.63. The molecule has 0 saturated heterocycles. The summed E-state index contributed by atoms with van der Waals surface area (Å²) in [7, 11) is 0. The number of benzene rings is 1. The first-order valence-electron chi connectivity index (χ1n) is 7.15. The van der Waals surface area contributed by atoms with Crippen molar-refractivity contribution in [3.05, 3.63) is 54.0 Å². The predicted octanol–water partition coefficient (Wildman–Crippen LogP) is 2.08. The fourth-order valence-corrected chi connectivity index (χ4v) is 1.97. The number of furan rings is 1. The summed E-state index contributed by atoms with van der Waals surface area (Å²) in [6, 6.07) is 11.0. The molecule has 2 rings (SSSR count). The Bertz CT molecular complexity index is 588. The van der Waals surface area contributed by atoms with Crippen molar-refractivity contribution < 1.29 is 19.1 Å². The molecule has 118 valence electrons. The van der Waals surface area contributed by atoms with Gasteiger partial charge in [-0.1, -0.05) is 17.7 Å². The summed E-state index contributed by atoms with van der Waals surface area (Å²) in [6.07, 6.45) is 1.89. The number of amides is 1. The molecule has 1 aromatic carbocycles. The number of ether oxygens (including phenoxy) is 1. The number of aryl methyl sites for hydroxylation is 1. The van der Waals surface area contributed by atoms with Crippen LogP contribution in [-0.2, 0) is 11.2 Å². The van der Waals surface area contributed by atoms with Crippen molar-refractivity contribution in [1.29, 1.82) is 0 Å². The Morgan fingerprint density at radius 1 is 1.32 bits per heavy atom. The maximum absolute atomic E-state index is 11.8. The van der Waals surface area contributed by atoms with Gasteiger partial charge in [-0.25, -0.2) is 0 Å². The molecule has 2 aromatic rings. The molecule has 0 aliphatic heterocycles. The minimum atomic E-state index is -1.07. The first kappa shape index (κ1) is 16.1. The van der Waals surface area contributed by atoms with E-state index in [4.69, 9.17) is 9.15 Å². The standard InChI is InChI=1S/C17H21NO4/c1-13-5-7-14(8-6-13)22-11-16(19)18-12-17(2,20)10-15-4-3-9-21-15/h3-9,20H,10-12H2,1-2H3,(H,18,19). The maximum Gasteiger partial charge on any atom is 0.258 e. The summed E-state index contributed by atoms with van der Waals surface area (Å²) in [5, 5.41) is 12.9. The van der Waals surface area contributed by atoms with Crippen LogP contribution in [0.2, 0.25) is 0 Å². The van der Waals surface area contributed by atoms with Crippen molar-refractivity contribution in [1.82, 2.24) is 5.32 Å². The molecule has 0 aliphatic rings. The number of hydrogen-bond donors (Lipinski definition) is 2. The first-order valence-corrected chi connectivity index (χ1v) is 7.15. The van der Waals surface area contributed by atoms with E-state index >= 15 is 0 Å². The van der Waals surface area contributed by atoms with Crippen LogP contribution in [0.4, 0.5) is 0 Å². The van der Waals surface area contributed by atoms with Gasteiger partial charge in [0.15, 0.2) is 6.61 Å². The predicted molar refractivity (Wildman–Crippen MR) is 82.7 cm³/mol. The van der Waals surface area contributed by atoms with Gasteiger partial charge in [-0.3, -0.25) is 4.79 Å². The van der Waals surface area contributed by atoms with E-state index in [0.29, 0.717) is 17.9 Å². The van der Waals surface area contributed by atoms with Crippen LogP contribution in [-0.4, -0.2) is 29.8 Å². The third-order valence-corrected chi connectivity index (χ3v) is 3.19. The van der Waals surface area contributed by atoms with E-state index in [9.17, 15) is 9.90 Å². The van der Waals surface area contributed by atoms with E-state index in [-0.39, 0.29) is 19.1 Å². The Balaban J connectivity index is 1.73. The molecule has 1 amide bonds. The van der Waals surface area contributed by atoms with E-state index in [1.807, 2.05) is 31.2 Å². The minimum absolute atomic E-state index is 0.0834. The smallest absolute Gasteiger partial charge is 0.258 e. The van der Waals surface area contributed by atoms with Crippen molar-refractivity contribution in [2.24, 2.45) is 0 Å². The molecular formula is C17H21NO4. The Hall–Kier alpha value is -2.27. The van der Waals surface area contributed by atoms with Crippen LogP contribution in [0.3, 0.4) is 0 Å². The first-order chi connectivity index (χ1) is 10.4. The Morgan fingerprint density at radius 2 is 2.05 bits per heavy atom. The molecule has 1 unspecified atom stereocenters. The molecular weight excluding hydrogens is 282 g/mol. The third-order valence-electron chi connectivity index (χ3n) is 3.19. The Kier molecular flexibility index (Phi) is 5.22. The second-order valence-corrected chi connectivity index (χ2v) is 5.63. The molecule has 0 radical (unpaired) electrons. The summed E-state index contributed by atoms with van der Waals surface area (Å²) in [4.78, 5) is 11.8. The molecule has 0 fully saturated rings. The Labute approximate surface area is 129 Å². The van der Waals surface area contributed by atoms with Crippen LogP contribution < -0.4 is 10.1 Å². The summed E-state index contributed by atoms with van der Waals surface area (Å²) in [6.45, 7) is 3.68. The molecule has 0 aliphatic carbocycles. The zero-order chi connectivity index (χ0) is 16.0.